The third-order valence-corrected chi connectivity index (χ3v) is 1.81. The third kappa shape index (κ3) is 7.51. The Hall–Kier alpha value is 3.23. The Morgan fingerprint density at radius 1 is 1.17 bits per heavy atom. The van der Waals surface area contributed by atoms with Crippen molar-refractivity contribution in [2.24, 2.45) is 0 Å². The van der Waals surface area contributed by atoms with Gasteiger partial charge in [-0.15, -0.1) is 6.04 Å². The summed E-state index contributed by atoms with van der Waals surface area (Å²) in [4.78, 5) is 4.32. The average molecular weight is 393 g/mol. The second kappa shape index (κ2) is 10.7. The van der Waals surface area contributed by atoms with Gasteiger partial charge in [-0.3, -0.25) is 7.05 Å². The minimum atomic E-state index is 0. The summed E-state index contributed by atoms with van der Waals surface area (Å²) in [7, 11) is 5.97. The molecule has 2 nitrogen and oxygen atoms in total. The van der Waals surface area contributed by atoms with E-state index in [0.717, 1.165) is 19.6 Å². The van der Waals surface area contributed by atoms with Crippen molar-refractivity contribution in [3.8, 4) is 0 Å². The van der Waals surface area contributed by atoms with Crippen LogP contribution >= 0.6 is 0 Å². The van der Waals surface area contributed by atoms with E-state index in [1.54, 1.807) is 0 Å². The van der Waals surface area contributed by atoms with Crippen molar-refractivity contribution < 1.29 is 98.1 Å². The molecule has 1 unspecified atom stereocenters. The number of hydrogen-bond acceptors (Lipinski definition) is 2. The Morgan fingerprint density at radius 3 is 2.00 bits per heavy atom. The molecule has 0 bridgehead atoms. The largest absolute Gasteiger partial charge is 0.480 e. The first-order valence-electron chi connectivity index (χ1n) is 3.29. The number of nitrogens with zero attached hydrogens (tertiary/aromatic N) is 2. The molecule has 0 aliphatic carbocycles. The van der Waals surface area contributed by atoms with Gasteiger partial charge in [-0.1, -0.05) is 0 Å². The molecule has 0 N–H and O–H groups in total. The first-order valence-corrected chi connectivity index (χ1v) is 3.29. The quantitative estimate of drug-likeness (QED) is 0.544. The maximum absolute atomic E-state index is 3.95. The van der Waals surface area contributed by atoms with Gasteiger partial charge in [0.05, 0.1) is 0 Å². The van der Waals surface area contributed by atoms with Gasteiger partial charge in [-0.05, 0) is 20.1 Å². The molecule has 0 saturated carbocycles. The topological polar surface area (TPSA) is 6.48 Å². The van der Waals surface area contributed by atoms with Crippen molar-refractivity contribution in [1.82, 2.24) is 9.80 Å². The summed E-state index contributed by atoms with van der Waals surface area (Å²) < 4.78 is 0. The molecular weight excluding hydrogens is 379 g/mol. The van der Waals surface area contributed by atoms with Crippen LogP contribution in [-0.2, 0) is 98.1 Å². The predicted molar refractivity (Wildman–Crippen MR) is 38.7 cm³/mol. The van der Waals surface area contributed by atoms with Crippen LogP contribution in [0.3, 0.4) is 0 Å². The van der Waals surface area contributed by atoms with E-state index in [1.165, 1.54) is 0 Å². The van der Waals surface area contributed by atoms with Gasteiger partial charge >= 0.3 is 0 Å². The minimum Gasteiger partial charge on any atom is -0.480 e. The summed E-state index contributed by atoms with van der Waals surface area (Å²) in [6.45, 7) is 7.16. The average Bonchev–Trinajstić information content (AvgIpc) is 1.80. The number of rotatable bonds is 0. The maximum atomic E-state index is 3.95. The zero-order chi connectivity index (χ0) is 6.85. The van der Waals surface area contributed by atoms with E-state index in [2.05, 4.69) is 25.9 Å². The molecule has 1 aliphatic rings. The fraction of sp³-hybridized carbons (Fsp3) is 0.714. The third-order valence-electron chi connectivity index (χ3n) is 1.81. The molecule has 12 heavy (non-hydrogen) atoms. The summed E-state index contributed by atoms with van der Waals surface area (Å²) >= 11 is 0. The van der Waals surface area contributed by atoms with Crippen LogP contribution < -0.4 is 0 Å². The van der Waals surface area contributed by atoms with Gasteiger partial charge in [0.15, 0.2) is 0 Å². The van der Waals surface area contributed by atoms with Crippen LogP contribution in [-0.4, -0.2) is 42.5 Å². The molecule has 1 heterocycles. The second-order valence-corrected chi connectivity index (χ2v) is 2.73. The fourth-order valence-electron chi connectivity index (χ4n) is 1.05. The van der Waals surface area contributed by atoms with Crippen LogP contribution in [0.25, 0.3) is 0 Å². The monoisotopic (exact) mass is 393 g/mol. The molecule has 1 saturated heterocycles. The molecule has 5 heteroatoms. The van der Waals surface area contributed by atoms with Crippen LogP contribution in [0.15, 0.2) is 0 Å². The first-order chi connectivity index (χ1) is 4.20. The molecule has 1 atom stereocenters. The van der Waals surface area contributed by atoms with Gasteiger partial charge in [0.2, 0.25) is 0 Å². The Morgan fingerprint density at radius 2 is 1.67 bits per heavy atom. The number of likely N-dealkylation sites (N-methyl/N-ethyl adjacent to an activating group) is 1. The van der Waals surface area contributed by atoms with E-state index in [1.807, 2.05) is 4.90 Å². The van der Waals surface area contributed by atoms with E-state index in [-0.39, 0.29) is 98.1 Å². The van der Waals surface area contributed by atoms with Gasteiger partial charge in [0.25, 0.3) is 0 Å². The molecule has 0 aromatic heterocycles. The van der Waals surface area contributed by atoms with E-state index >= 15 is 0 Å². The minimum absolute atomic E-state index is 0. The van der Waals surface area contributed by atoms with Gasteiger partial charge in [-0.25, -0.2) is 0 Å². The van der Waals surface area contributed by atoms with Crippen LogP contribution in [0.1, 0.15) is 0 Å². The molecule has 1 aliphatic heterocycles. The molecular formula is C7H14N2Y3-2. The number of hydrogen-bond donors (Lipinski definition) is 0. The standard InChI is InChI=1S/C7H14N2.3Y/c1-7-6-8(2)4-5-9(7)3;;;/h7H,1,3-6H2,2H3;;;/q-2;;;. The van der Waals surface area contributed by atoms with E-state index in [9.17, 15) is 0 Å². The summed E-state index contributed by atoms with van der Waals surface area (Å²) in [6.07, 6.45) is 0. The smallest absolute Gasteiger partial charge is 0.00810 e. The van der Waals surface area contributed by atoms with Crippen LogP contribution in [0.2, 0.25) is 0 Å². The van der Waals surface area contributed by atoms with Crippen molar-refractivity contribution in [2.75, 3.05) is 26.7 Å². The van der Waals surface area contributed by atoms with Crippen LogP contribution in [0, 0.1) is 14.0 Å². The Labute approximate surface area is 152 Å². The van der Waals surface area contributed by atoms with E-state index in [0.29, 0.717) is 6.04 Å². The van der Waals surface area contributed by atoms with Crippen molar-refractivity contribution in [2.45, 2.75) is 6.04 Å². The molecule has 0 aromatic rings. The van der Waals surface area contributed by atoms with Crippen molar-refractivity contribution in [3.63, 3.8) is 0 Å². The first kappa shape index (κ1) is 20.6. The molecule has 1 rings (SSSR count). The van der Waals surface area contributed by atoms with Gasteiger partial charge < -0.3 is 16.7 Å². The SMILES string of the molecule is [CH2-]C1CN(C)CCN1[CH2-].[Y].[Y].[Y]. The number of piperazine rings is 1. The fourth-order valence-corrected chi connectivity index (χ4v) is 1.05. The maximum Gasteiger partial charge on any atom is 0.00810 e. The summed E-state index contributed by atoms with van der Waals surface area (Å²) in [5.41, 5.74) is 0. The second-order valence-electron chi connectivity index (χ2n) is 2.73. The predicted octanol–water partition coefficient (Wildman–Crippen LogP) is 0.221. The molecule has 0 amide bonds. The molecule has 0 aromatic carbocycles. The summed E-state index contributed by atoms with van der Waals surface area (Å²) in [6, 6.07) is 0.378. The van der Waals surface area contributed by atoms with Gasteiger partial charge in [0.1, 0.15) is 0 Å². The zero-order valence-corrected chi connectivity index (χ0v) is 16.3. The van der Waals surface area contributed by atoms with E-state index < -0.39 is 0 Å². The van der Waals surface area contributed by atoms with Crippen molar-refractivity contribution >= 4 is 0 Å². The van der Waals surface area contributed by atoms with Crippen molar-refractivity contribution in [3.05, 3.63) is 14.0 Å². The van der Waals surface area contributed by atoms with Crippen molar-refractivity contribution in [1.29, 1.82) is 0 Å². The molecule has 1 fully saturated rings. The Kier molecular flexibility index (Phi) is 18.5. The van der Waals surface area contributed by atoms with Gasteiger partial charge in [0, 0.05) is 105 Å². The Bertz CT molecular complexity index is 103. The Balaban J connectivity index is -0.000000270. The molecule has 0 spiro atoms. The van der Waals surface area contributed by atoms with Gasteiger partial charge in [-0.2, -0.15) is 0 Å². The van der Waals surface area contributed by atoms with E-state index in [4.69, 9.17) is 0 Å². The zero-order valence-electron chi connectivity index (χ0n) is 7.74. The summed E-state index contributed by atoms with van der Waals surface area (Å²) in [5, 5.41) is 0. The molecule has 63 valence electrons. The summed E-state index contributed by atoms with van der Waals surface area (Å²) in [5.74, 6) is 0. The van der Waals surface area contributed by atoms with Crippen LogP contribution in [0.5, 0.6) is 0 Å². The molecule has 3 radical (unpaired) electrons. The normalized spacial score (nSPS) is 24.8. The van der Waals surface area contributed by atoms with Crippen LogP contribution in [0.4, 0.5) is 0 Å².